The zero-order valence-electron chi connectivity index (χ0n) is 11.7. The van der Waals surface area contributed by atoms with E-state index in [-0.39, 0.29) is 6.54 Å². The summed E-state index contributed by atoms with van der Waals surface area (Å²) < 4.78 is 11.9. The first-order chi connectivity index (χ1) is 10.1. The lowest BCUT2D eigenvalue weighted by Gasteiger charge is -2.07. The SMILES string of the molecule is COc1cc(OC)cc(-c2cn(CC(=O)O)cc2C#N)c1. The van der Waals surface area contributed by atoms with Crippen LogP contribution in [0.3, 0.4) is 0 Å². The highest BCUT2D eigenvalue weighted by atomic mass is 16.5. The van der Waals surface area contributed by atoms with E-state index in [0.717, 1.165) is 5.56 Å². The number of carboxylic acids is 1. The minimum Gasteiger partial charge on any atom is -0.497 e. The third kappa shape index (κ3) is 3.15. The Morgan fingerprint density at radius 2 is 1.86 bits per heavy atom. The van der Waals surface area contributed by atoms with Gasteiger partial charge in [-0.25, -0.2) is 0 Å². The van der Waals surface area contributed by atoms with Gasteiger partial charge >= 0.3 is 5.97 Å². The molecule has 6 nitrogen and oxygen atoms in total. The normalized spacial score (nSPS) is 9.95. The van der Waals surface area contributed by atoms with Crippen molar-refractivity contribution in [2.45, 2.75) is 6.54 Å². The summed E-state index contributed by atoms with van der Waals surface area (Å²) in [7, 11) is 3.08. The average Bonchev–Trinajstić information content (AvgIpc) is 2.88. The van der Waals surface area contributed by atoms with Gasteiger partial charge in [0.05, 0.1) is 19.8 Å². The standard InChI is InChI=1S/C15H14N2O4/c1-20-12-3-10(4-13(5-12)21-2)14-8-17(9-15(18)19)7-11(14)6-16/h3-5,7-8H,9H2,1-2H3,(H,18,19). The Labute approximate surface area is 121 Å². The molecule has 108 valence electrons. The largest absolute Gasteiger partial charge is 0.497 e. The quantitative estimate of drug-likeness (QED) is 0.910. The summed E-state index contributed by atoms with van der Waals surface area (Å²) >= 11 is 0. The molecule has 0 aliphatic heterocycles. The van der Waals surface area contributed by atoms with Gasteiger partial charge in [0, 0.05) is 24.0 Å². The number of benzene rings is 1. The highest BCUT2D eigenvalue weighted by Crippen LogP contribution is 2.32. The van der Waals surface area contributed by atoms with Crippen LogP contribution in [0.5, 0.6) is 11.5 Å². The first-order valence-corrected chi connectivity index (χ1v) is 6.12. The molecule has 0 saturated heterocycles. The molecule has 1 aromatic heterocycles. The van der Waals surface area contributed by atoms with Crippen LogP contribution in [0.4, 0.5) is 0 Å². The first kappa shape index (κ1) is 14.5. The number of nitrogens with zero attached hydrogens (tertiary/aromatic N) is 2. The lowest BCUT2D eigenvalue weighted by atomic mass is 10.0. The monoisotopic (exact) mass is 286 g/mol. The van der Waals surface area contributed by atoms with Crippen LogP contribution in [0.1, 0.15) is 5.56 Å². The number of hydrogen-bond donors (Lipinski definition) is 1. The van der Waals surface area contributed by atoms with Gasteiger partial charge in [-0.05, 0) is 17.7 Å². The van der Waals surface area contributed by atoms with E-state index in [1.54, 1.807) is 38.6 Å². The summed E-state index contributed by atoms with van der Waals surface area (Å²) in [5, 5.41) is 18.0. The predicted molar refractivity (Wildman–Crippen MR) is 75.3 cm³/mol. The zero-order valence-corrected chi connectivity index (χ0v) is 11.7. The van der Waals surface area contributed by atoms with Crippen LogP contribution >= 0.6 is 0 Å². The Kier molecular flexibility index (Phi) is 4.14. The van der Waals surface area contributed by atoms with Crippen molar-refractivity contribution in [2.24, 2.45) is 0 Å². The molecule has 0 saturated carbocycles. The number of carbonyl (C=O) groups is 1. The van der Waals surface area contributed by atoms with Crippen molar-refractivity contribution in [3.63, 3.8) is 0 Å². The second kappa shape index (κ2) is 6.01. The van der Waals surface area contributed by atoms with Crippen LogP contribution in [0.25, 0.3) is 11.1 Å². The molecule has 21 heavy (non-hydrogen) atoms. The summed E-state index contributed by atoms with van der Waals surface area (Å²) in [5.41, 5.74) is 1.76. The second-order valence-corrected chi connectivity index (χ2v) is 4.36. The number of carboxylic acid groups (broad SMARTS) is 1. The lowest BCUT2D eigenvalue weighted by Crippen LogP contribution is -2.06. The van der Waals surface area contributed by atoms with E-state index in [4.69, 9.17) is 14.6 Å². The second-order valence-electron chi connectivity index (χ2n) is 4.36. The maximum absolute atomic E-state index is 10.8. The molecule has 0 spiro atoms. The van der Waals surface area contributed by atoms with Crippen molar-refractivity contribution in [2.75, 3.05) is 14.2 Å². The Morgan fingerprint density at radius 3 is 2.33 bits per heavy atom. The molecule has 0 amide bonds. The highest BCUT2D eigenvalue weighted by molar-refractivity contribution is 5.74. The first-order valence-electron chi connectivity index (χ1n) is 6.12. The molecule has 0 fully saturated rings. The minimum absolute atomic E-state index is 0.199. The molecule has 0 radical (unpaired) electrons. The molecule has 0 bridgehead atoms. The third-order valence-corrected chi connectivity index (χ3v) is 2.98. The minimum atomic E-state index is -0.968. The summed E-state index contributed by atoms with van der Waals surface area (Å²) in [6.07, 6.45) is 3.14. The maximum atomic E-state index is 10.8. The lowest BCUT2D eigenvalue weighted by molar-refractivity contribution is -0.137. The van der Waals surface area contributed by atoms with E-state index in [9.17, 15) is 10.1 Å². The number of hydrogen-bond acceptors (Lipinski definition) is 4. The Morgan fingerprint density at radius 1 is 1.24 bits per heavy atom. The number of aliphatic carboxylic acids is 1. The number of methoxy groups -OCH3 is 2. The number of ether oxygens (including phenoxy) is 2. The highest BCUT2D eigenvalue weighted by Gasteiger charge is 2.12. The average molecular weight is 286 g/mol. The molecule has 0 unspecified atom stereocenters. The van der Waals surface area contributed by atoms with Gasteiger partial charge in [-0.1, -0.05) is 0 Å². The molecule has 6 heteroatoms. The number of rotatable bonds is 5. The van der Waals surface area contributed by atoms with Crippen LogP contribution in [0, 0.1) is 11.3 Å². The summed E-state index contributed by atoms with van der Waals surface area (Å²) in [4.78, 5) is 10.8. The van der Waals surface area contributed by atoms with Crippen molar-refractivity contribution >= 4 is 5.97 Å². The predicted octanol–water partition coefficient (Wildman–Crippen LogP) is 2.13. The number of aromatic nitrogens is 1. The van der Waals surface area contributed by atoms with E-state index in [1.165, 1.54) is 10.8 Å². The molecular formula is C15H14N2O4. The fourth-order valence-electron chi connectivity index (χ4n) is 2.04. The smallest absolute Gasteiger partial charge is 0.323 e. The van der Waals surface area contributed by atoms with Gasteiger partial charge in [0.1, 0.15) is 24.1 Å². The van der Waals surface area contributed by atoms with E-state index in [1.807, 2.05) is 0 Å². The van der Waals surface area contributed by atoms with Crippen LogP contribution in [0.15, 0.2) is 30.6 Å². The van der Waals surface area contributed by atoms with Gasteiger partial charge in [-0.3, -0.25) is 4.79 Å². The van der Waals surface area contributed by atoms with E-state index in [0.29, 0.717) is 22.6 Å². The van der Waals surface area contributed by atoms with Crippen LogP contribution in [-0.2, 0) is 11.3 Å². The molecule has 0 atom stereocenters. The maximum Gasteiger partial charge on any atom is 0.323 e. The van der Waals surface area contributed by atoms with Crippen molar-refractivity contribution in [1.29, 1.82) is 5.26 Å². The van der Waals surface area contributed by atoms with Crippen LogP contribution in [0.2, 0.25) is 0 Å². The Balaban J connectivity index is 2.52. The third-order valence-electron chi connectivity index (χ3n) is 2.98. The van der Waals surface area contributed by atoms with Gasteiger partial charge in [0.2, 0.25) is 0 Å². The fraction of sp³-hybridized carbons (Fsp3) is 0.200. The molecule has 2 rings (SSSR count). The summed E-state index contributed by atoms with van der Waals surface area (Å²) in [6.45, 7) is -0.199. The van der Waals surface area contributed by atoms with Crippen LogP contribution < -0.4 is 9.47 Å². The molecule has 1 aromatic carbocycles. The van der Waals surface area contributed by atoms with Gasteiger partial charge < -0.3 is 19.1 Å². The fourth-order valence-corrected chi connectivity index (χ4v) is 2.04. The summed E-state index contributed by atoms with van der Waals surface area (Å²) in [6, 6.07) is 7.33. The van der Waals surface area contributed by atoms with Gasteiger partial charge in [-0.15, -0.1) is 0 Å². The van der Waals surface area contributed by atoms with Crippen molar-refractivity contribution in [1.82, 2.24) is 4.57 Å². The Bertz CT molecular complexity index is 691. The van der Waals surface area contributed by atoms with Crippen LogP contribution in [-0.4, -0.2) is 29.9 Å². The van der Waals surface area contributed by atoms with E-state index < -0.39 is 5.97 Å². The molecule has 1 N–H and O–H groups in total. The van der Waals surface area contributed by atoms with E-state index in [2.05, 4.69) is 6.07 Å². The molecule has 0 aliphatic rings. The van der Waals surface area contributed by atoms with Gasteiger partial charge in [0.15, 0.2) is 0 Å². The van der Waals surface area contributed by atoms with Crippen molar-refractivity contribution in [3.05, 3.63) is 36.2 Å². The zero-order chi connectivity index (χ0) is 15.4. The van der Waals surface area contributed by atoms with Crippen molar-refractivity contribution < 1.29 is 19.4 Å². The summed E-state index contributed by atoms with van der Waals surface area (Å²) in [5.74, 6) is 0.225. The molecular weight excluding hydrogens is 272 g/mol. The Hall–Kier alpha value is -2.94. The molecule has 2 aromatic rings. The van der Waals surface area contributed by atoms with Gasteiger partial charge in [-0.2, -0.15) is 5.26 Å². The van der Waals surface area contributed by atoms with Crippen molar-refractivity contribution in [3.8, 4) is 28.7 Å². The molecule has 1 heterocycles. The van der Waals surface area contributed by atoms with E-state index >= 15 is 0 Å². The van der Waals surface area contributed by atoms with Gasteiger partial charge in [0.25, 0.3) is 0 Å². The molecule has 0 aliphatic carbocycles. The number of nitriles is 1. The topological polar surface area (TPSA) is 84.5 Å².